The monoisotopic (exact) mass is 265 g/mol. The lowest BCUT2D eigenvalue weighted by molar-refractivity contribution is 0.0117. The Kier molecular flexibility index (Phi) is 5.88. The number of nitrogens with one attached hydrogen (secondary N) is 1. The number of nitrogens with zero attached hydrogens (tertiary/aromatic N) is 2. The third-order valence-electron chi connectivity index (χ3n) is 3.55. The average Bonchev–Trinajstić information content (AvgIpc) is 2.37. The summed E-state index contributed by atoms with van der Waals surface area (Å²) >= 11 is 0. The number of aryl methyl sites for hydroxylation is 2. The highest BCUT2D eigenvalue weighted by Gasteiger charge is 2.21. The standard InChI is InChI=1S/C15H27N3O/c1-7-16-14(8-9-15(4,5)19-6)13-10-11(2)17-18-12(13)3/h10,14,16H,7-9H2,1-6H3. The van der Waals surface area contributed by atoms with E-state index >= 15 is 0 Å². The third-order valence-corrected chi connectivity index (χ3v) is 3.55. The Morgan fingerprint density at radius 2 is 2.00 bits per heavy atom. The van der Waals surface area contributed by atoms with Crippen molar-refractivity contribution in [2.24, 2.45) is 0 Å². The molecule has 0 spiro atoms. The number of aromatic nitrogens is 2. The lowest BCUT2D eigenvalue weighted by atomic mass is 9.94. The fraction of sp³-hybridized carbons (Fsp3) is 0.733. The number of hydrogen-bond acceptors (Lipinski definition) is 4. The van der Waals surface area contributed by atoms with Crippen LogP contribution in [0.1, 0.15) is 56.6 Å². The molecule has 0 amide bonds. The molecular formula is C15H27N3O. The van der Waals surface area contributed by atoms with Gasteiger partial charge in [0.05, 0.1) is 17.0 Å². The molecule has 0 radical (unpaired) electrons. The highest BCUT2D eigenvalue weighted by molar-refractivity contribution is 5.23. The lowest BCUT2D eigenvalue weighted by Crippen LogP contribution is -2.28. The molecule has 4 nitrogen and oxygen atoms in total. The van der Waals surface area contributed by atoms with E-state index in [1.807, 2.05) is 13.8 Å². The first kappa shape index (κ1) is 16.1. The minimum absolute atomic E-state index is 0.0862. The molecule has 0 aliphatic carbocycles. The van der Waals surface area contributed by atoms with Crippen LogP contribution in [0.5, 0.6) is 0 Å². The minimum Gasteiger partial charge on any atom is -0.379 e. The Balaban J connectivity index is 2.85. The predicted octanol–water partition coefficient (Wildman–Crippen LogP) is 2.95. The average molecular weight is 265 g/mol. The van der Waals surface area contributed by atoms with Crippen molar-refractivity contribution in [2.45, 2.75) is 59.1 Å². The molecule has 1 N–H and O–H groups in total. The van der Waals surface area contributed by atoms with Crippen LogP contribution in [-0.2, 0) is 4.74 Å². The zero-order chi connectivity index (χ0) is 14.5. The van der Waals surface area contributed by atoms with E-state index in [9.17, 15) is 0 Å². The second-order valence-electron chi connectivity index (χ2n) is 5.64. The fourth-order valence-corrected chi connectivity index (χ4v) is 2.13. The smallest absolute Gasteiger partial charge is 0.0648 e. The van der Waals surface area contributed by atoms with E-state index in [1.165, 1.54) is 5.56 Å². The Labute approximate surface area is 117 Å². The number of hydrogen-bond donors (Lipinski definition) is 1. The molecule has 0 saturated heterocycles. The zero-order valence-corrected chi connectivity index (χ0v) is 13.1. The molecule has 108 valence electrons. The van der Waals surface area contributed by atoms with E-state index in [-0.39, 0.29) is 5.60 Å². The molecule has 1 aromatic heterocycles. The molecule has 1 heterocycles. The van der Waals surface area contributed by atoms with Crippen molar-refractivity contribution in [1.82, 2.24) is 15.5 Å². The SMILES string of the molecule is CCNC(CCC(C)(C)OC)c1cc(C)nnc1C. The van der Waals surface area contributed by atoms with Crippen molar-refractivity contribution < 1.29 is 4.74 Å². The van der Waals surface area contributed by atoms with E-state index in [0.717, 1.165) is 30.8 Å². The van der Waals surface area contributed by atoms with E-state index in [1.54, 1.807) is 7.11 Å². The van der Waals surface area contributed by atoms with Crippen LogP contribution in [0.15, 0.2) is 6.07 Å². The van der Waals surface area contributed by atoms with Gasteiger partial charge in [0.2, 0.25) is 0 Å². The highest BCUT2D eigenvalue weighted by atomic mass is 16.5. The zero-order valence-electron chi connectivity index (χ0n) is 13.1. The quantitative estimate of drug-likeness (QED) is 0.823. The first-order valence-corrected chi connectivity index (χ1v) is 6.99. The molecule has 19 heavy (non-hydrogen) atoms. The number of rotatable bonds is 7. The van der Waals surface area contributed by atoms with Gasteiger partial charge in [-0.25, -0.2) is 0 Å². The van der Waals surface area contributed by atoms with Gasteiger partial charge < -0.3 is 10.1 Å². The lowest BCUT2D eigenvalue weighted by Gasteiger charge is -2.27. The van der Waals surface area contributed by atoms with Gasteiger partial charge in [-0.15, -0.1) is 0 Å². The van der Waals surface area contributed by atoms with E-state index in [4.69, 9.17) is 4.74 Å². The summed E-state index contributed by atoms with van der Waals surface area (Å²) in [5, 5.41) is 11.9. The second-order valence-corrected chi connectivity index (χ2v) is 5.64. The summed E-state index contributed by atoms with van der Waals surface area (Å²) in [6.07, 6.45) is 2.03. The maximum absolute atomic E-state index is 5.50. The first-order valence-electron chi connectivity index (χ1n) is 6.99. The molecular weight excluding hydrogens is 238 g/mol. The minimum atomic E-state index is -0.0862. The normalized spacial score (nSPS) is 13.6. The van der Waals surface area contributed by atoms with Gasteiger partial charge in [0, 0.05) is 13.2 Å². The highest BCUT2D eigenvalue weighted by Crippen LogP contribution is 2.26. The van der Waals surface area contributed by atoms with Crippen LogP contribution in [0.2, 0.25) is 0 Å². The topological polar surface area (TPSA) is 47.0 Å². The van der Waals surface area contributed by atoms with Crippen LogP contribution in [0.4, 0.5) is 0 Å². The van der Waals surface area contributed by atoms with Crippen LogP contribution in [0, 0.1) is 13.8 Å². The van der Waals surface area contributed by atoms with Gasteiger partial charge in [-0.2, -0.15) is 10.2 Å². The van der Waals surface area contributed by atoms with Crippen LogP contribution in [0.25, 0.3) is 0 Å². The maximum atomic E-state index is 5.50. The van der Waals surface area contributed by atoms with E-state index < -0.39 is 0 Å². The summed E-state index contributed by atoms with van der Waals surface area (Å²) in [4.78, 5) is 0. The summed E-state index contributed by atoms with van der Waals surface area (Å²) in [5.74, 6) is 0. The Hall–Kier alpha value is -1.00. The molecule has 0 fully saturated rings. The van der Waals surface area contributed by atoms with Crippen molar-refractivity contribution in [3.63, 3.8) is 0 Å². The van der Waals surface area contributed by atoms with Gasteiger partial charge in [-0.05, 0) is 58.7 Å². The van der Waals surface area contributed by atoms with E-state index in [0.29, 0.717) is 6.04 Å². The Morgan fingerprint density at radius 1 is 1.32 bits per heavy atom. The second kappa shape index (κ2) is 6.96. The van der Waals surface area contributed by atoms with Crippen molar-refractivity contribution in [1.29, 1.82) is 0 Å². The van der Waals surface area contributed by atoms with E-state index in [2.05, 4.69) is 42.4 Å². The van der Waals surface area contributed by atoms with Crippen molar-refractivity contribution >= 4 is 0 Å². The van der Waals surface area contributed by atoms with Gasteiger partial charge in [0.25, 0.3) is 0 Å². The summed E-state index contributed by atoms with van der Waals surface area (Å²) in [6.45, 7) is 11.3. The van der Waals surface area contributed by atoms with Gasteiger partial charge in [-0.1, -0.05) is 6.92 Å². The van der Waals surface area contributed by atoms with Gasteiger partial charge in [0.15, 0.2) is 0 Å². The molecule has 1 atom stereocenters. The van der Waals surface area contributed by atoms with Gasteiger partial charge in [-0.3, -0.25) is 0 Å². The molecule has 1 unspecified atom stereocenters. The predicted molar refractivity (Wildman–Crippen MR) is 78.2 cm³/mol. The van der Waals surface area contributed by atoms with Gasteiger partial charge in [0.1, 0.15) is 0 Å². The van der Waals surface area contributed by atoms with Crippen molar-refractivity contribution in [2.75, 3.05) is 13.7 Å². The molecule has 1 aromatic rings. The molecule has 4 heteroatoms. The Bertz CT molecular complexity index is 404. The van der Waals surface area contributed by atoms with Gasteiger partial charge >= 0.3 is 0 Å². The van der Waals surface area contributed by atoms with Crippen molar-refractivity contribution in [3.05, 3.63) is 23.0 Å². The third kappa shape index (κ3) is 4.88. The molecule has 1 rings (SSSR count). The summed E-state index contributed by atoms with van der Waals surface area (Å²) < 4.78 is 5.50. The van der Waals surface area contributed by atoms with Crippen LogP contribution >= 0.6 is 0 Å². The molecule has 0 aliphatic heterocycles. The molecule has 0 aliphatic rings. The fourth-order valence-electron chi connectivity index (χ4n) is 2.13. The summed E-state index contributed by atoms with van der Waals surface area (Å²) in [7, 11) is 1.77. The van der Waals surface area contributed by atoms with Crippen LogP contribution in [-0.4, -0.2) is 29.5 Å². The Morgan fingerprint density at radius 3 is 2.58 bits per heavy atom. The molecule has 0 aromatic carbocycles. The number of ether oxygens (including phenoxy) is 1. The van der Waals surface area contributed by atoms with Crippen LogP contribution < -0.4 is 5.32 Å². The maximum Gasteiger partial charge on any atom is 0.0648 e. The van der Waals surface area contributed by atoms with Crippen molar-refractivity contribution in [3.8, 4) is 0 Å². The molecule has 0 bridgehead atoms. The van der Waals surface area contributed by atoms with Crippen LogP contribution in [0.3, 0.4) is 0 Å². The molecule has 0 saturated carbocycles. The summed E-state index contributed by atoms with van der Waals surface area (Å²) in [6, 6.07) is 2.45. The first-order chi connectivity index (χ1) is 8.89. The largest absolute Gasteiger partial charge is 0.379 e. The number of methoxy groups -OCH3 is 1. The summed E-state index contributed by atoms with van der Waals surface area (Å²) in [5.41, 5.74) is 3.14.